The van der Waals surface area contributed by atoms with E-state index in [1.807, 2.05) is 24.3 Å². The first-order valence-electron chi connectivity index (χ1n) is 6.87. The van der Waals surface area contributed by atoms with E-state index >= 15 is 0 Å². The third-order valence-electron chi connectivity index (χ3n) is 3.37. The Morgan fingerprint density at radius 2 is 1.91 bits per heavy atom. The minimum absolute atomic E-state index is 0.00256. The van der Waals surface area contributed by atoms with Crippen LogP contribution in [0.5, 0.6) is 11.5 Å². The fourth-order valence-corrected chi connectivity index (χ4v) is 3.10. The number of carbonyl (C=O) groups is 1. The van der Waals surface area contributed by atoms with Crippen LogP contribution in [-0.4, -0.2) is 36.6 Å². The quantitative estimate of drug-likeness (QED) is 0.852. The fourth-order valence-electron chi connectivity index (χ4n) is 2.25. The highest BCUT2D eigenvalue weighted by Gasteiger charge is 2.16. The Kier molecular flexibility index (Phi) is 5.57. The molecule has 1 heterocycles. The predicted molar refractivity (Wildman–Crippen MR) is 85.2 cm³/mol. The minimum atomic E-state index is -1.21. The SMILES string of the molecule is COc1cc(/C=C/C2CCC(=O)NN2)cc(OC)c1S(C)=O. The van der Waals surface area contributed by atoms with Gasteiger partial charge in [0.1, 0.15) is 16.4 Å². The number of rotatable bonds is 5. The molecule has 1 aromatic carbocycles. The molecule has 0 bridgehead atoms. The molecule has 2 rings (SSSR count). The molecule has 2 atom stereocenters. The predicted octanol–water partition coefficient (Wildman–Crippen LogP) is 1.24. The minimum Gasteiger partial charge on any atom is -0.495 e. The van der Waals surface area contributed by atoms with E-state index in [-0.39, 0.29) is 11.9 Å². The molecule has 1 fully saturated rings. The number of benzene rings is 1. The molecule has 2 unspecified atom stereocenters. The average molecular weight is 324 g/mol. The Bertz CT molecular complexity index is 581. The van der Waals surface area contributed by atoms with Gasteiger partial charge < -0.3 is 9.47 Å². The van der Waals surface area contributed by atoms with Crippen LogP contribution in [0, 0.1) is 0 Å². The summed E-state index contributed by atoms with van der Waals surface area (Å²) >= 11 is 0. The molecule has 6 nitrogen and oxygen atoms in total. The number of hydrazine groups is 1. The molecular weight excluding hydrogens is 304 g/mol. The molecule has 0 aromatic heterocycles. The van der Waals surface area contributed by atoms with Crippen molar-refractivity contribution in [3.63, 3.8) is 0 Å². The normalized spacial score (nSPS) is 19.8. The highest BCUT2D eigenvalue weighted by atomic mass is 32.2. The zero-order valence-electron chi connectivity index (χ0n) is 12.8. The van der Waals surface area contributed by atoms with Gasteiger partial charge in [0.15, 0.2) is 0 Å². The molecule has 0 aliphatic carbocycles. The van der Waals surface area contributed by atoms with Gasteiger partial charge in [-0.3, -0.25) is 14.4 Å². The molecule has 0 saturated carbocycles. The van der Waals surface area contributed by atoms with Crippen LogP contribution >= 0.6 is 0 Å². The number of hydrogen-bond donors (Lipinski definition) is 2. The Morgan fingerprint density at radius 1 is 1.27 bits per heavy atom. The first-order chi connectivity index (χ1) is 10.5. The van der Waals surface area contributed by atoms with Gasteiger partial charge in [0, 0.05) is 18.7 Å². The van der Waals surface area contributed by atoms with Crippen LogP contribution in [0.3, 0.4) is 0 Å². The summed E-state index contributed by atoms with van der Waals surface area (Å²) in [5, 5.41) is 0. The second kappa shape index (κ2) is 7.42. The maximum atomic E-state index is 11.8. The van der Waals surface area contributed by atoms with Crippen LogP contribution in [0.2, 0.25) is 0 Å². The second-order valence-electron chi connectivity index (χ2n) is 4.91. The molecule has 22 heavy (non-hydrogen) atoms. The van der Waals surface area contributed by atoms with Crippen molar-refractivity contribution >= 4 is 22.8 Å². The van der Waals surface area contributed by atoms with Crippen LogP contribution in [0.25, 0.3) is 6.08 Å². The number of amides is 1. The van der Waals surface area contributed by atoms with Crippen LogP contribution in [0.1, 0.15) is 18.4 Å². The number of methoxy groups -OCH3 is 2. The zero-order valence-corrected chi connectivity index (χ0v) is 13.7. The standard InChI is InChI=1S/C15H20N2O4S/c1-20-12-8-10(9-13(21-2)15(12)22(3)19)4-5-11-6-7-14(18)17-16-11/h4-5,8-9,11,16H,6-7H2,1-3H3,(H,17,18)/b5-4+. The molecule has 1 aliphatic rings. The highest BCUT2D eigenvalue weighted by Crippen LogP contribution is 2.33. The van der Waals surface area contributed by atoms with E-state index in [0.29, 0.717) is 22.8 Å². The van der Waals surface area contributed by atoms with Crippen LogP contribution in [0.4, 0.5) is 0 Å². The third-order valence-corrected chi connectivity index (χ3v) is 4.35. The molecule has 120 valence electrons. The summed E-state index contributed by atoms with van der Waals surface area (Å²) in [4.78, 5) is 11.6. The molecule has 7 heteroatoms. The molecule has 0 radical (unpaired) electrons. The molecular formula is C15H20N2O4S. The molecule has 1 aliphatic heterocycles. The molecule has 1 aromatic rings. The lowest BCUT2D eigenvalue weighted by Gasteiger charge is -2.20. The lowest BCUT2D eigenvalue weighted by atomic mass is 10.1. The van der Waals surface area contributed by atoms with Crippen molar-refractivity contribution in [2.45, 2.75) is 23.8 Å². The van der Waals surface area contributed by atoms with Gasteiger partial charge in [-0.25, -0.2) is 5.43 Å². The summed E-state index contributed by atoms with van der Waals surface area (Å²) in [5.74, 6) is 1.07. The lowest BCUT2D eigenvalue weighted by Crippen LogP contribution is -2.48. The van der Waals surface area contributed by atoms with Crippen LogP contribution < -0.4 is 20.3 Å². The monoisotopic (exact) mass is 324 g/mol. The van der Waals surface area contributed by atoms with Crippen molar-refractivity contribution in [2.24, 2.45) is 0 Å². The van der Waals surface area contributed by atoms with Crippen molar-refractivity contribution < 1.29 is 18.5 Å². The zero-order chi connectivity index (χ0) is 16.1. The topological polar surface area (TPSA) is 76.7 Å². The van der Waals surface area contributed by atoms with E-state index in [4.69, 9.17) is 9.47 Å². The number of carbonyl (C=O) groups excluding carboxylic acids is 1. The summed E-state index contributed by atoms with van der Waals surface area (Å²) in [7, 11) is 1.87. The van der Waals surface area contributed by atoms with Crippen LogP contribution in [-0.2, 0) is 15.6 Å². The van der Waals surface area contributed by atoms with Gasteiger partial charge in [-0.1, -0.05) is 12.2 Å². The number of hydrogen-bond acceptors (Lipinski definition) is 5. The Labute approximate surface area is 132 Å². The Balaban J connectivity index is 2.24. The van der Waals surface area contributed by atoms with E-state index in [0.717, 1.165) is 12.0 Å². The van der Waals surface area contributed by atoms with Crippen molar-refractivity contribution in [1.29, 1.82) is 0 Å². The van der Waals surface area contributed by atoms with Gasteiger partial charge in [0.25, 0.3) is 0 Å². The van der Waals surface area contributed by atoms with Crippen molar-refractivity contribution in [3.8, 4) is 11.5 Å². The van der Waals surface area contributed by atoms with Crippen LogP contribution in [0.15, 0.2) is 23.1 Å². The summed E-state index contributed by atoms with van der Waals surface area (Å²) in [6, 6.07) is 3.71. The molecule has 2 N–H and O–H groups in total. The summed E-state index contributed by atoms with van der Waals surface area (Å²) in [6.45, 7) is 0. The van der Waals surface area contributed by atoms with E-state index in [2.05, 4.69) is 10.9 Å². The van der Waals surface area contributed by atoms with Gasteiger partial charge >= 0.3 is 0 Å². The summed E-state index contributed by atoms with van der Waals surface area (Å²) in [5.41, 5.74) is 6.41. The first kappa shape index (κ1) is 16.5. The molecule has 1 amide bonds. The third kappa shape index (κ3) is 3.86. The van der Waals surface area contributed by atoms with Crippen molar-refractivity contribution in [2.75, 3.05) is 20.5 Å². The highest BCUT2D eigenvalue weighted by molar-refractivity contribution is 7.84. The van der Waals surface area contributed by atoms with Gasteiger partial charge in [-0.2, -0.15) is 0 Å². The van der Waals surface area contributed by atoms with E-state index in [9.17, 15) is 9.00 Å². The second-order valence-corrected chi connectivity index (χ2v) is 6.22. The largest absolute Gasteiger partial charge is 0.495 e. The summed E-state index contributed by atoms with van der Waals surface area (Å²) < 4.78 is 22.5. The van der Waals surface area contributed by atoms with Crippen molar-refractivity contribution in [1.82, 2.24) is 10.9 Å². The van der Waals surface area contributed by atoms with E-state index in [1.165, 1.54) is 14.2 Å². The van der Waals surface area contributed by atoms with Gasteiger partial charge in [-0.05, 0) is 24.1 Å². The number of nitrogens with one attached hydrogen (secondary N) is 2. The fraction of sp³-hybridized carbons (Fsp3) is 0.400. The first-order valence-corrected chi connectivity index (χ1v) is 8.43. The average Bonchev–Trinajstić information content (AvgIpc) is 2.53. The summed E-state index contributed by atoms with van der Waals surface area (Å²) in [6.07, 6.45) is 6.72. The Morgan fingerprint density at radius 3 is 2.36 bits per heavy atom. The van der Waals surface area contributed by atoms with Crippen molar-refractivity contribution in [3.05, 3.63) is 23.8 Å². The van der Waals surface area contributed by atoms with E-state index in [1.54, 1.807) is 6.26 Å². The molecule has 0 spiro atoms. The van der Waals surface area contributed by atoms with Gasteiger partial charge in [0.2, 0.25) is 5.91 Å². The Hall–Kier alpha value is -1.86. The number of ether oxygens (including phenoxy) is 2. The lowest BCUT2D eigenvalue weighted by molar-refractivity contribution is -0.123. The molecule has 1 saturated heterocycles. The maximum Gasteiger partial charge on any atom is 0.234 e. The van der Waals surface area contributed by atoms with Gasteiger partial charge in [-0.15, -0.1) is 0 Å². The van der Waals surface area contributed by atoms with Gasteiger partial charge in [0.05, 0.1) is 25.0 Å². The smallest absolute Gasteiger partial charge is 0.234 e. The van der Waals surface area contributed by atoms with E-state index < -0.39 is 10.8 Å². The maximum absolute atomic E-state index is 11.8.